The summed E-state index contributed by atoms with van der Waals surface area (Å²) in [5, 5.41) is 0. The number of carbonyl (C=O) groups is 2. The Morgan fingerprint density at radius 1 is 1.42 bits per heavy atom. The molecule has 1 saturated heterocycles. The van der Waals surface area contributed by atoms with Gasteiger partial charge in [-0.3, -0.25) is 9.59 Å². The predicted octanol–water partition coefficient (Wildman–Crippen LogP) is 2.14. The number of esters is 1. The van der Waals surface area contributed by atoms with Crippen LogP contribution in [0.15, 0.2) is 30.9 Å². The van der Waals surface area contributed by atoms with E-state index in [2.05, 4.69) is 6.58 Å². The second-order valence-corrected chi connectivity index (χ2v) is 4.69. The fourth-order valence-electron chi connectivity index (χ4n) is 2.42. The molecule has 0 radical (unpaired) electrons. The topological polar surface area (TPSA) is 46.6 Å². The van der Waals surface area contributed by atoms with Gasteiger partial charge in [0.2, 0.25) is 0 Å². The maximum atomic E-state index is 12.2. The quantitative estimate of drug-likeness (QED) is 0.617. The summed E-state index contributed by atoms with van der Waals surface area (Å²) in [7, 11) is 0. The first-order valence-electron chi connectivity index (χ1n) is 6.22. The van der Waals surface area contributed by atoms with E-state index in [1.165, 1.54) is 6.08 Å². The molecule has 1 aromatic rings. The normalized spacial score (nSPS) is 18.0. The summed E-state index contributed by atoms with van der Waals surface area (Å²) in [6, 6.07) is 5.59. The van der Waals surface area contributed by atoms with E-state index < -0.39 is 0 Å². The fraction of sp³-hybridized carbons (Fsp3) is 0.333. The van der Waals surface area contributed by atoms with E-state index >= 15 is 0 Å². The van der Waals surface area contributed by atoms with E-state index in [0.29, 0.717) is 0 Å². The molecule has 1 amide bonds. The molecule has 1 unspecified atom stereocenters. The minimum absolute atomic E-state index is 0.208. The first-order chi connectivity index (χ1) is 9.04. The molecule has 4 heteroatoms. The van der Waals surface area contributed by atoms with Crippen molar-refractivity contribution in [2.45, 2.75) is 26.3 Å². The van der Waals surface area contributed by atoms with Crippen LogP contribution >= 0.6 is 0 Å². The second kappa shape index (κ2) is 5.26. The van der Waals surface area contributed by atoms with Crippen molar-refractivity contribution in [2.24, 2.45) is 0 Å². The number of cyclic esters (lactones) is 1. The lowest BCUT2D eigenvalue weighted by Crippen LogP contribution is -2.41. The number of benzene rings is 1. The van der Waals surface area contributed by atoms with Gasteiger partial charge >= 0.3 is 5.97 Å². The van der Waals surface area contributed by atoms with Gasteiger partial charge in [-0.25, -0.2) is 0 Å². The number of nitrogens with zero attached hydrogens (tertiary/aromatic N) is 1. The lowest BCUT2D eigenvalue weighted by Gasteiger charge is -2.29. The number of para-hydroxylation sites is 1. The number of amides is 1. The molecule has 0 N–H and O–H groups in total. The van der Waals surface area contributed by atoms with Crippen molar-refractivity contribution in [3.63, 3.8) is 0 Å². The van der Waals surface area contributed by atoms with Gasteiger partial charge in [0.25, 0.3) is 5.91 Å². The van der Waals surface area contributed by atoms with E-state index in [1.807, 2.05) is 32.0 Å². The summed E-state index contributed by atoms with van der Waals surface area (Å²) in [5.41, 5.74) is 2.83. The lowest BCUT2D eigenvalue weighted by molar-refractivity contribution is -0.137. The highest BCUT2D eigenvalue weighted by molar-refractivity contribution is 6.03. The highest BCUT2D eigenvalue weighted by Crippen LogP contribution is 2.29. The Hall–Kier alpha value is -2.10. The van der Waals surface area contributed by atoms with Crippen LogP contribution in [0, 0.1) is 13.8 Å². The van der Waals surface area contributed by atoms with Gasteiger partial charge < -0.3 is 9.64 Å². The molecule has 19 heavy (non-hydrogen) atoms. The minimum atomic E-state index is -0.266. The Labute approximate surface area is 112 Å². The zero-order chi connectivity index (χ0) is 14.0. The molecule has 1 fully saturated rings. The predicted molar refractivity (Wildman–Crippen MR) is 73.0 cm³/mol. The van der Waals surface area contributed by atoms with Crippen molar-refractivity contribution >= 4 is 17.6 Å². The largest absolute Gasteiger partial charge is 0.463 e. The van der Waals surface area contributed by atoms with E-state index in [0.717, 1.165) is 16.8 Å². The van der Waals surface area contributed by atoms with Gasteiger partial charge in [-0.05, 0) is 31.1 Å². The monoisotopic (exact) mass is 259 g/mol. The van der Waals surface area contributed by atoms with Crippen molar-refractivity contribution in [3.8, 4) is 0 Å². The van der Waals surface area contributed by atoms with Crippen LogP contribution in [0.2, 0.25) is 0 Å². The number of hydrogen-bond acceptors (Lipinski definition) is 3. The van der Waals surface area contributed by atoms with Gasteiger partial charge in [0.05, 0.1) is 18.2 Å². The SMILES string of the molecule is C=CC(=O)N(c1c(C)cccc1C)C1COC(=O)C1. The average Bonchev–Trinajstić information content (AvgIpc) is 2.79. The van der Waals surface area contributed by atoms with Crippen LogP contribution in [0.3, 0.4) is 0 Å². The fourth-order valence-corrected chi connectivity index (χ4v) is 2.42. The molecule has 1 heterocycles. The molecular formula is C15H17NO3. The van der Waals surface area contributed by atoms with E-state index in [1.54, 1.807) is 4.90 Å². The van der Waals surface area contributed by atoms with E-state index in [9.17, 15) is 9.59 Å². The van der Waals surface area contributed by atoms with Crippen LogP contribution in [-0.4, -0.2) is 24.5 Å². The summed E-state index contributed by atoms with van der Waals surface area (Å²) >= 11 is 0. The number of anilines is 1. The van der Waals surface area contributed by atoms with Gasteiger partial charge in [-0.2, -0.15) is 0 Å². The van der Waals surface area contributed by atoms with E-state index in [4.69, 9.17) is 4.74 Å². The molecule has 0 saturated carbocycles. The summed E-state index contributed by atoms with van der Waals surface area (Å²) in [6.45, 7) is 7.68. The second-order valence-electron chi connectivity index (χ2n) is 4.69. The van der Waals surface area contributed by atoms with Crippen molar-refractivity contribution in [3.05, 3.63) is 42.0 Å². The maximum absolute atomic E-state index is 12.2. The molecule has 0 bridgehead atoms. The number of aryl methyl sites for hydroxylation is 2. The zero-order valence-corrected chi connectivity index (χ0v) is 11.2. The number of hydrogen-bond donors (Lipinski definition) is 0. The molecular weight excluding hydrogens is 242 g/mol. The number of rotatable bonds is 3. The molecule has 1 aromatic carbocycles. The summed E-state index contributed by atoms with van der Waals surface area (Å²) in [5.74, 6) is -0.473. The molecule has 1 atom stereocenters. The average molecular weight is 259 g/mol. The van der Waals surface area contributed by atoms with Crippen LogP contribution in [-0.2, 0) is 14.3 Å². The Bertz CT molecular complexity index is 516. The van der Waals surface area contributed by atoms with Crippen LogP contribution in [0.5, 0.6) is 0 Å². The standard InChI is InChI=1S/C15H17NO3/c1-4-13(17)16(12-8-14(18)19-9-12)15-10(2)6-5-7-11(15)3/h4-7,12H,1,8-9H2,2-3H3. The molecule has 1 aliphatic rings. The Kier molecular flexibility index (Phi) is 3.69. The first kappa shape index (κ1) is 13.3. The lowest BCUT2D eigenvalue weighted by atomic mass is 10.0. The molecule has 0 aliphatic carbocycles. The summed E-state index contributed by atoms with van der Waals surface area (Å²) < 4.78 is 4.98. The Morgan fingerprint density at radius 3 is 2.53 bits per heavy atom. The summed E-state index contributed by atoms with van der Waals surface area (Å²) in [6.07, 6.45) is 1.50. The maximum Gasteiger partial charge on any atom is 0.308 e. The van der Waals surface area contributed by atoms with Crippen molar-refractivity contribution in [1.29, 1.82) is 0 Å². The van der Waals surface area contributed by atoms with Crippen molar-refractivity contribution in [1.82, 2.24) is 0 Å². The van der Waals surface area contributed by atoms with Crippen LogP contribution in [0.1, 0.15) is 17.5 Å². The Balaban J connectivity index is 2.46. The van der Waals surface area contributed by atoms with Crippen molar-refractivity contribution < 1.29 is 14.3 Å². The van der Waals surface area contributed by atoms with Gasteiger partial charge in [0.15, 0.2) is 0 Å². The zero-order valence-electron chi connectivity index (χ0n) is 11.2. The third-order valence-electron chi connectivity index (χ3n) is 3.30. The van der Waals surface area contributed by atoms with Gasteiger partial charge in [0.1, 0.15) is 6.61 Å². The van der Waals surface area contributed by atoms with Crippen molar-refractivity contribution in [2.75, 3.05) is 11.5 Å². The molecule has 0 spiro atoms. The Morgan fingerprint density at radius 2 is 2.05 bits per heavy atom. The summed E-state index contributed by atoms with van der Waals surface area (Å²) in [4.78, 5) is 25.1. The molecule has 4 nitrogen and oxygen atoms in total. The first-order valence-corrected chi connectivity index (χ1v) is 6.22. The third kappa shape index (κ3) is 2.52. The smallest absolute Gasteiger partial charge is 0.308 e. The van der Waals surface area contributed by atoms with Gasteiger partial charge in [-0.1, -0.05) is 24.8 Å². The molecule has 0 aromatic heterocycles. The van der Waals surface area contributed by atoms with Crippen LogP contribution < -0.4 is 4.90 Å². The van der Waals surface area contributed by atoms with Gasteiger partial charge in [0, 0.05) is 0 Å². The van der Waals surface area contributed by atoms with Gasteiger partial charge in [-0.15, -0.1) is 0 Å². The molecule has 100 valence electrons. The third-order valence-corrected chi connectivity index (χ3v) is 3.30. The minimum Gasteiger partial charge on any atom is -0.463 e. The molecule has 1 aliphatic heterocycles. The van der Waals surface area contributed by atoms with Crippen LogP contribution in [0.4, 0.5) is 5.69 Å². The molecule has 2 rings (SSSR count). The van der Waals surface area contributed by atoms with E-state index in [-0.39, 0.29) is 30.9 Å². The highest BCUT2D eigenvalue weighted by atomic mass is 16.5. The van der Waals surface area contributed by atoms with Crippen LogP contribution in [0.25, 0.3) is 0 Å². The number of ether oxygens (including phenoxy) is 1. The highest BCUT2D eigenvalue weighted by Gasteiger charge is 2.33. The number of carbonyl (C=O) groups excluding carboxylic acids is 2.